The Morgan fingerprint density at radius 1 is 0.872 bits per heavy atom. The second-order valence-corrected chi connectivity index (χ2v) is 12.9. The highest BCUT2D eigenvalue weighted by Crippen LogP contribution is 2.69. The number of hydrogen-bond donors (Lipinski definition) is 1. The fourth-order valence-corrected chi connectivity index (χ4v) is 8.51. The Bertz CT molecular complexity index is 1960. The highest BCUT2D eigenvalue weighted by Gasteiger charge is 2.86. The molecule has 2 aliphatic carbocycles. The Kier molecular flexibility index (Phi) is 4.09. The molecule has 0 radical (unpaired) electrons. The number of nitrogens with zero attached hydrogens (tertiary/aromatic N) is 1. The van der Waals surface area contributed by atoms with E-state index in [0.29, 0.717) is 0 Å². The van der Waals surface area contributed by atoms with Crippen LogP contribution in [0.3, 0.4) is 0 Å². The predicted molar refractivity (Wildman–Crippen MR) is 154 cm³/mol. The number of aliphatic hydroxyl groups is 1. The molecule has 39 heavy (non-hydrogen) atoms. The van der Waals surface area contributed by atoms with Crippen LogP contribution in [0.1, 0.15) is 65.6 Å². The van der Waals surface area contributed by atoms with Gasteiger partial charge < -0.3 is 14.3 Å². The van der Waals surface area contributed by atoms with E-state index >= 15 is 0 Å². The number of rotatable bonds is 1. The number of benzene rings is 3. The van der Waals surface area contributed by atoms with Crippen LogP contribution in [-0.4, -0.2) is 18.0 Å². The normalized spacial score (nSPS) is 25.3. The van der Waals surface area contributed by atoms with Gasteiger partial charge in [0.2, 0.25) is 22.5 Å². The van der Waals surface area contributed by atoms with E-state index in [-0.39, 0.29) is 11.3 Å². The Hall–Kier alpha value is -3.47. The van der Waals surface area contributed by atoms with Crippen molar-refractivity contribution in [2.45, 2.75) is 71.1 Å². The summed E-state index contributed by atoms with van der Waals surface area (Å²) in [5, 5.41) is 14.5. The SMILES string of the molecule is COC1(O)C2c3ccc4c(c3-c3cc(C)c5c(C)cc(C)cc5[n+]3C21C)-c1oc2ccc(C)cc2c1C4(C)C. The molecule has 4 heteroatoms. The van der Waals surface area contributed by atoms with Crippen molar-refractivity contribution in [3.8, 4) is 22.6 Å². The van der Waals surface area contributed by atoms with Crippen molar-refractivity contribution in [3.63, 3.8) is 0 Å². The lowest BCUT2D eigenvalue weighted by atomic mass is 9.79. The molecule has 1 aliphatic heterocycles. The molecule has 3 atom stereocenters. The molecule has 1 fully saturated rings. The molecule has 3 aromatic carbocycles. The summed E-state index contributed by atoms with van der Waals surface area (Å²) in [5.74, 6) is -0.547. The summed E-state index contributed by atoms with van der Waals surface area (Å²) in [6.07, 6.45) is 0. The van der Waals surface area contributed by atoms with Crippen LogP contribution in [0.4, 0.5) is 0 Å². The number of pyridine rings is 1. The van der Waals surface area contributed by atoms with Crippen LogP contribution in [0.2, 0.25) is 0 Å². The summed E-state index contributed by atoms with van der Waals surface area (Å²) in [7, 11) is 1.63. The van der Waals surface area contributed by atoms with E-state index in [1.54, 1.807) is 7.11 Å². The van der Waals surface area contributed by atoms with Gasteiger partial charge in [0.05, 0.1) is 10.9 Å². The largest absolute Gasteiger partial charge is 0.456 e. The number of methoxy groups -OCH3 is 1. The smallest absolute Gasteiger partial charge is 0.247 e. The Morgan fingerprint density at radius 2 is 1.62 bits per heavy atom. The predicted octanol–water partition coefficient (Wildman–Crippen LogP) is 7.24. The number of ether oxygens (including phenoxy) is 1. The first kappa shape index (κ1) is 23.4. The molecular weight excluding hydrogens is 482 g/mol. The molecule has 8 rings (SSSR count). The average Bonchev–Trinajstić information content (AvgIpc) is 3.09. The third kappa shape index (κ3) is 2.43. The molecule has 0 spiro atoms. The van der Waals surface area contributed by atoms with E-state index < -0.39 is 11.3 Å². The molecule has 2 aromatic heterocycles. The van der Waals surface area contributed by atoms with Gasteiger partial charge in [-0.3, -0.25) is 0 Å². The van der Waals surface area contributed by atoms with Gasteiger partial charge in [-0.05, 0) is 67.6 Å². The Labute approximate surface area is 228 Å². The van der Waals surface area contributed by atoms with E-state index in [9.17, 15) is 5.11 Å². The summed E-state index contributed by atoms with van der Waals surface area (Å²) < 4.78 is 15.0. The van der Waals surface area contributed by atoms with Gasteiger partial charge in [0.15, 0.2) is 0 Å². The molecule has 1 N–H and O–H groups in total. The Morgan fingerprint density at radius 3 is 2.36 bits per heavy atom. The molecule has 4 nitrogen and oxygen atoms in total. The zero-order valence-corrected chi connectivity index (χ0v) is 23.9. The van der Waals surface area contributed by atoms with Gasteiger partial charge in [0.1, 0.15) is 17.3 Å². The van der Waals surface area contributed by atoms with E-state index in [2.05, 4.69) is 102 Å². The van der Waals surface area contributed by atoms with Crippen LogP contribution in [0.5, 0.6) is 0 Å². The number of aryl methyl sites for hydroxylation is 4. The maximum absolute atomic E-state index is 12.0. The van der Waals surface area contributed by atoms with Crippen molar-refractivity contribution in [2.24, 2.45) is 0 Å². The molecule has 0 amide bonds. The minimum Gasteiger partial charge on any atom is -0.456 e. The second-order valence-electron chi connectivity index (χ2n) is 12.9. The molecule has 196 valence electrons. The fraction of sp³-hybridized carbons (Fsp3) is 0.343. The first-order valence-corrected chi connectivity index (χ1v) is 13.9. The number of fused-ring (bicyclic) bond motifs is 14. The fourth-order valence-electron chi connectivity index (χ4n) is 8.51. The van der Waals surface area contributed by atoms with Gasteiger partial charge in [-0.1, -0.05) is 43.7 Å². The van der Waals surface area contributed by atoms with Gasteiger partial charge in [0, 0.05) is 48.1 Å². The maximum atomic E-state index is 12.0. The molecule has 5 aromatic rings. The van der Waals surface area contributed by atoms with Crippen molar-refractivity contribution in [1.82, 2.24) is 0 Å². The van der Waals surface area contributed by atoms with E-state index in [1.165, 1.54) is 44.2 Å². The Balaban J connectivity index is 1.57. The molecule has 1 saturated carbocycles. The number of aromatic nitrogens is 1. The van der Waals surface area contributed by atoms with E-state index in [1.807, 2.05) is 0 Å². The third-order valence-corrected chi connectivity index (χ3v) is 10.2. The first-order valence-electron chi connectivity index (χ1n) is 13.9. The van der Waals surface area contributed by atoms with Crippen LogP contribution >= 0.6 is 0 Å². The monoisotopic (exact) mass is 516 g/mol. The number of furan rings is 1. The molecule has 3 aliphatic rings. The summed E-state index contributed by atoms with van der Waals surface area (Å²) in [6, 6.07) is 17.8. The van der Waals surface area contributed by atoms with Crippen LogP contribution in [0.15, 0.2) is 52.9 Å². The first-order chi connectivity index (χ1) is 18.4. The standard InChI is InChI=1S/C35H34NO3/c1-17-9-12-26-22(14-17)30-31(39-26)29-23(33(30,5)6)11-10-21-28(29)25-16-20(4)27-19(3)13-18(2)15-24(27)36(25)34(7)32(21)35(34,37)38-8/h9-16,32,37H,1-8H3/q+1. The lowest BCUT2D eigenvalue weighted by Crippen LogP contribution is -2.54. The van der Waals surface area contributed by atoms with Crippen molar-refractivity contribution >= 4 is 21.9 Å². The number of hydrogen-bond acceptors (Lipinski definition) is 3. The summed E-state index contributed by atoms with van der Waals surface area (Å²) >= 11 is 0. The second kappa shape index (κ2) is 6.80. The van der Waals surface area contributed by atoms with E-state index in [0.717, 1.165) is 39.2 Å². The molecule has 3 heterocycles. The van der Waals surface area contributed by atoms with Crippen molar-refractivity contribution < 1.29 is 18.8 Å². The van der Waals surface area contributed by atoms with Gasteiger partial charge in [-0.15, -0.1) is 0 Å². The molecule has 3 unspecified atom stereocenters. The topological polar surface area (TPSA) is 46.5 Å². The molecular formula is C35H34NO3+. The van der Waals surface area contributed by atoms with Crippen LogP contribution < -0.4 is 4.57 Å². The zero-order chi connectivity index (χ0) is 27.4. The van der Waals surface area contributed by atoms with Crippen molar-refractivity contribution in [1.29, 1.82) is 0 Å². The van der Waals surface area contributed by atoms with E-state index in [4.69, 9.17) is 9.15 Å². The summed E-state index contributed by atoms with van der Waals surface area (Å²) in [6.45, 7) is 15.4. The summed E-state index contributed by atoms with van der Waals surface area (Å²) in [5.41, 5.74) is 13.2. The molecule has 0 bridgehead atoms. The van der Waals surface area contributed by atoms with Gasteiger partial charge in [-0.25, -0.2) is 0 Å². The minimum absolute atomic E-state index is 0.196. The van der Waals surface area contributed by atoms with Crippen LogP contribution in [0, 0.1) is 27.7 Å². The van der Waals surface area contributed by atoms with Gasteiger partial charge in [-0.2, -0.15) is 4.57 Å². The van der Waals surface area contributed by atoms with Gasteiger partial charge >= 0.3 is 0 Å². The zero-order valence-electron chi connectivity index (χ0n) is 23.9. The quantitative estimate of drug-likeness (QED) is 0.189. The lowest BCUT2D eigenvalue weighted by molar-refractivity contribution is -0.716. The summed E-state index contributed by atoms with van der Waals surface area (Å²) in [4.78, 5) is 0. The lowest BCUT2D eigenvalue weighted by Gasteiger charge is -2.25. The average molecular weight is 517 g/mol. The third-order valence-electron chi connectivity index (χ3n) is 10.2. The maximum Gasteiger partial charge on any atom is 0.247 e. The highest BCUT2D eigenvalue weighted by atomic mass is 16.6. The van der Waals surface area contributed by atoms with Crippen molar-refractivity contribution in [2.75, 3.05) is 7.11 Å². The van der Waals surface area contributed by atoms with Gasteiger partial charge in [0.25, 0.3) is 0 Å². The van der Waals surface area contributed by atoms with Crippen molar-refractivity contribution in [3.05, 3.63) is 87.5 Å². The molecule has 0 saturated heterocycles. The highest BCUT2D eigenvalue weighted by molar-refractivity contribution is 6.00. The minimum atomic E-state index is -1.31. The van der Waals surface area contributed by atoms with Crippen LogP contribution in [-0.2, 0) is 15.7 Å². The van der Waals surface area contributed by atoms with Crippen LogP contribution in [0.25, 0.3) is 44.5 Å².